The van der Waals surface area contributed by atoms with E-state index in [1.165, 1.54) is 22.7 Å². The molecule has 3 aromatic heterocycles. The van der Waals surface area contributed by atoms with Gasteiger partial charge in [-0.25, -0.2) is 15.0 Å². The number of carbonyl (C=O) groups excluding carboxylic acids is 1. The van der Waals surface area contributed by atoms with Crippen LogP contribution < -0.4 is 16.4 Å². The van der Waals surface area contributed by atoms with Crippen LogP contribution in [-0.2, 0) is 6.54 Å². The van der Waals surface area contributed by atoms with E-state index in [9.17, 15) is 4.79 Å². The van der Waals surface area contributed by atoms with E-state index in [1.807, 2.05) is 12.1 Å². The summed E-state index contributed by atoms with van der Waals surface area (Å²) in [6, 6.07) is 9.08. The topological polar surface area (TPSA) is 106 Å². The van der Waals surface area contributed by atoms with Gasteiger partial charge in [0.25, 0.3) is 5.91 Å². The molecule has 0 unspecified atom stereocenters. The number of nitrogens with one attached hydrogen (secondary N) is 2. The van der Waals surface area contributed by atoms with E-state index in [1.54, 1.807) is 31.4 Å². The molecule has 0 aliphatic rings. The average molecular weight is 431 g/mol. The van der Waals surface area contributed by atoms with Crippen LogP contribution in [0.5, 0.6) is 0 Å². The Hall–Kier alpha value is -2.59. The third-order valence-corrected chi connectivity index (χ3v) is 6.44. The zero-order valence-electron chi connectivity index (χ0n) is 14.7. The normalized spacial score (nSPS) is 11.0. The Morgan fingerprint density at radius 3 is 2.82 bits per heavy atom. The summed E-state index contributed by atoms with van der Waals surface area (Å²) in [6.07, 6.45) is 1.67. The van der Waals surface area contributed by atoms with Gasteiger partial charge in [-0.1, -0.05) is 29.0 Å². The SMILES string of the molecule is CNc1nccc(-c2ccc(C(=O)Nc3nc4c(Cl)ccc(CN)c4s3)s2)n1. The van der Waals surface area contributed by atoms with Gasteiger partial charge in [-0.3, -0.25) is 10.1 Å². The van der Waals surface area contributed by atoms with Gasteiger partial charge < -0.3 is 11.1 Å². The van der Waals surface area contributed by atoms with Crippen molar-refractivity contribution in [3.63, 3.8) is 0 Å². The smallest absolute Gasteiger partial charge is 0.267 e. The van der Waals surface area contributed by atoms with Crippen LogP contribution in [0.1, 0.15) is 15.2 Å². The van der Waals surface area contributed by atoms with Crippen molar-refractivity contribution in [1.82, 2.24) is 15.0 Å². The van der Waals surface area contributed by atoms with Crippen molar-refractivity contribution in [2.24, 2.45) is 5.73 Å². The van der Waals surface area contributed by atoms with Crippen LogP contribution in [0, 0.1) is 0 Å². The molecule has 0 atom stereocenters. The fourth-order valence-corrected chi connectivity index (χ4v) is 4.75. The highest BCUT2D eigenvalue weighted by Gasteiger charge is 2.16. The summed E-state index contributed by atoms with van der Waals surface area (Å²) < 4.78 is 0.887. The molecule has 0 saturated heterocycles. The van der Waals surface area contributed by atoms with Gasteiger partial charge in [0.15, 0.2) is 5.13 Å². The van der Waals surface area contributed by atoms with E-state index < -0.39 is 0 Å². The number of nitrogens with zero attached hydrogens (tertiary/aromatic N) is 3. The number of aromatic nitrogens is 3. The second-order valence-electron chi connectivity index (χ2n) is 5.74. The predicted molar refractivity (Wildman–Crippen MR) is 115 cm³/mol. The quantitative estimate of drug-likeness (QED) is 0.437. The highest BCUT2D eigenvalue weighted by Crippen LogP contribution is 2.34. The van der Waals surface area contributed by atoms with E-state index >= 15 is 0 Å². The Balaban J connectivity index is 1.58. The first-order valence-electron chi connectivity index (χ1n) is 8.29. The minimum atomic E-state index is -0.233. The maximum Gasteiger partial charge on any atom is 0.267 e. The fraction of sp³-hybridized carbons (Fsp3) is 0.111. The molecule has 4 N–H and O–H groups in total. The summed E-state index contributed by atoms with van der Waals surface area (Å²) in [4.78, 5) is 27.0. The second-order valence-corrected chi connectivity index (χ2v) is 8.23. The van der Waals surface area contributed by atoms with E-state index in [2.05, 4.69) is 25.6 Å². The molecule has 0 aliphatic carbocycles. The molecule has 0 aliphatic heterocycles. The van der Waals surface area contributed by atoms with Crippen molar-refractivity contribution >= 4 is 61.5 Å². The van der Waals surface area contributed by atoms with Crippen LogP contribution in [0.3, 0.4) is 0 Å². The zero-order chi connectivity index (χ0) is 19.7. The number of thiophene rings is 1. The van der Waals surface area contributed by atoms with Crippen molar-refractivity contribution in [2.75, 3.05) is 17.7 Å². The van der Waals surface area contributed by atoms with E-state index in [4.69, 9.17) is 17.3 Å². The van der Waals surface area contributed by atoms with Gasteiger partial charge in [0, 0.05) is 19.8 Å². The highest BCUT2D eigenvalue weighted by molar-refractivity contribution is 7.22. The third kappa shape index (κ3) is 3.57. The van der Waals surface area contributed by atoms with Gasteiger partial charge in [-0.05, 0) is 29.8 Å². The Morgan fingerprint density at radius 2 is 2.04 bits per heavy atom. The molecule has 10 heteroatoms. The largest absolute Gasteiger partial charge is 0.357 e. The highest BCUT2D eigenvalue weighted by atomic mass is 35.5. The first-order valence-corrected chi connectivity index (χ1v) is 10.3. The Bertz CT molecular complexity index is 1170. The van der Waals surface area contributed by atoms with Crippen molar-refractivity contribution in [1.29, 1.82) is 0 Å². The molecule has 0 radical (unpaired) electrons. The number of fused-ring (bicyclic) bond motifs is 1. The lowest BCUT2D eigenvalue weighted by atomic mass is 10.2. The summed E-state index contributed by atoms with van der Waals surface area (Å²) >= 11 is 8.94. The van der Waals surface area contributed by atoms with Crippen molar-refractivity contribution in [3.05, 3.63) is 52.0 Å². The lowest BCUT2D eigenvalue weighted by Gasteiger charge is -2.00. The number of halogens is 1. The predicted octanol–water partition coefficient (Wildman–Crippen LogP) is 4.22. The number of hydrogen-bond donors (Lipinski definition) is 3. The molecule has 3 heterocycles. The van der Waals surface area contributed by atoms with Crippen LogP contribution in [0.4, 0.5) is 11.1 Å². The molecule has 1 amide bonds. The Morgan fingerprint density at radius 1 is 1.18 bits per heavy atom. The first-order chi connectivity index (χ1) is 13.6. The number of carbonyl (C=O) groups is 1. The number of benzene rings is 1. The zero-order valence-corrected chi connectivity index (χ0v) is 17.1. The molecule has 28 heavy (non-hydrogen) atoms. The third-order valence-electron chi connectivity index (χ3n) is 3.98. The number of anilines is 2. The Kier molecular flexibility index (Phi) is 5.23. The van der Waals surface area contributed by atoms with Crippen LogP contribution in [-0.4, -0.2) is 27.9 Å². The van der Waals surface area contributed by atoms with Gasteiger partial charge in [0.1, 0.15) is 5.52 Å². The second kappa shape index (κ2) is 7.80. The lowest BCUT2D eigenvalue weighted by molar-refractivity contribution is 0.103. The molecule has 0 bridgehead atoms. The van der Waals surface area contributed by atoms with E-state index in [-0.39, 0.29) is 5.91 Å². The summed E-state index contributed by atoms with van der Waals surface area (Å²) in [5.74, 6) is 0.294. The van der Waals surface area contributed by atoms with E-state index in [0.29, 0.717) is 33.0 Å². The lowest BCUT2D eigenvalue weighted by Crippen LogP contribution is -2.09. The molecule has 0 fully saturated rings. The van der Waals surface area contributed by atoms with Gasteiger partial charge in [-0.15, -0.1) is 11.3 Å². The monoisotopic (exact) mass is 430 g/mol. The van der Waals surface area contributed by atoms with Crippen LogP contribution in [0.2, 0.25) is 5.02 Å². The van der Waals surface area contributed by atoms with Crippen LogP contribution in [0.15, 0.2) is 36.5 Å². The minimum Gasteiger partial charge on any atom is -0.357 e. The maximum atomic E-state index is 12.7. The minimum absolute atomic E-state index is 0.233. The van der Waals surface area contributed by atoms with Gasteiger partial charge in [-0.2, -0.15) is 0 Å². The number of thiazole rings is 1. The molecule has 7 nitrogen and oxygen atoms in total. The summed E-state index contributed by atoms with van der Waals surface area (Å²) in [7, 11) is 1.76. The van der Waals surface area contributed by atoms with Gasteiger partial charge in [0.05, 0.1) is 25.2 Å². The van der Waals surface area contributed by atoms with E-state index in [0.717, 1.165) is 20.8 Å². The average Bonchev–Trinajstić information content (AvgIpc) is 3.36. The van der Waals surface area contributed by atoms with Crippen molar-refractivity contribution < 1.29 is 4.79 Å². The number of hydrogen-bond acceptors (Lipinski definition) is 8. The van der Waals surface area contributed by atoms with Crippen LogP contribution >= 0.6 is 34.3 Å². The van der Waals surface area contributed by atoms with Gasteiger partial charge >= 0.3 is 0 Å². The number of rotatable bonds is 5. The molecule has 0 saturated carbocycles. The maximum absolute atomic E-state index is 12.7. The van der Waals surface area contributed by atoms with Crippen molar-refractivity contribution in [3.8, 4) is 10.6 Å². The molecule has 4 rings (SSSR count). The molecule has 0 spiro atoms. The summed E-state index contributed by atoms with van der Waals surface area (Å²) in [6.45, 7) is 0.380. The first kappa shape index (κ1) is 18.8. The van der Waals surface area contributed by atoms with Crippen molar-refractivity contribution in [2.45, 2.75) is 6.54 Å². The van der Waals surface area contributed by atoms with Gasteiger partial charge in [0.2, 0.25) is 5.95 Å². The Labute approximate surface area is 173 Å². The summed E-state index contributed by atoms with van der Waals surface area (Å²) in [5, 5.41) is 6.77. The molecular weight excluding hydrogens is 416 g/mol. The molecular formula is C18H15ClN6OS2. The molecule has 1 aromatic carbocycles. The summed E-state index contributed by atoms with van der Waals surface area (Å²) in [5.41, 5.74) is 8.13. The number of nitrogens with two attached hydrogens (primary N) is 1. The number of amides is 1. The fourth-order valence-electron chi connectivity index (χ4n) is 2.61. The molecule has 142 valence electrons. The standard InChI is InChI=1S/C18H15ClN6OS2/c1-21-17-22-7-6-11(23-17)12-4-5-13(27-12)16(26)25-18-24-14-10(19)3-2-9(8-20)15(14)28-18/h2-7H,8,20H2,1H3,(H,21,22,23)(H,24,25,26). The van der Waals surface area contributed by atoms with Crippen LogP contribution in [0.25, 0.3) is 20.8 Å². The molecule has 4 aromatic rings.